The first-order chi connectivity index (χ1) is 10.3. The third-order valence-corrected chi connectivity index (χ3v) is 5.22. The summed E-state index contributed by atoms with van der Waals surface area (Å²) < 4.78 is 32.3. The summed E-state index contributed by atoms with van der Waals surface area (Å²) in [5.74, 6) is -0.710. The Hall–Kier alpha value is -2.26. The molecule has 0 atom stereocenters. The van der Waals surface area contributed by atoms with Gasteiger partial charge in [0.25, 0.3) is 15.7 Å². The number of carbonyl (C=O) groups excluding carboxylic acids is 1. The average molecular weight is 341 g/mol. The smallest absolute Gasteiger partial charge is 0.349 e. The van der Waals surface area contributed by atoms with E-state index in [4.69, 9.17) is 0 Å². The average Bonchev–Trinajstić information content (AvgIpc) is 2.97. The van der Waals surface area contributed by atoms with Crippen LogP contribution in [0.15, 0.2) is 40.6 Å². The van der Waals surface area contributed by atoms with Crippen molar-refractivity contribution >= 4 is 38.7 Å². The van der Waals surface area contributed by atoms with Crippen LogP contribution in [0.3, 0.4) is 0 Å². The quantitative estimate of drug-likeness (QED) is 0.666. The first kappa shape index (κ1) is 16.1. The number of esters is 1. The molecule has 9 heteroatoms. The number of rotatable bonds is 5. The number of hydrogen-bond donors (Lipinski definition) is 1. The van der Waals surface area contributed by atoms with Crippen molar-refractivity contribution in [1.82, 2.24) is 0 Å². The Kier molecular flexibility index (Phi) is 4.57. The van der Waals surface area contributed by atoms with Crippen LogP contribution in [-0.4, -0.2) is 33.3 Å². The molecule has 1 heterocycles. The lowest BCUT2D eigenvalue weighted by Crippen LogP contribution is -2.15. The van der Waals surface area contributed by atoms with Crippen molar-refractivity contribution in [2.45, 2.75) is 4.90 Å². The Labute approximate surface area is 131 Å². The summed E-state index contributed by atoms with van der Waals surface area (Å²) in [4.78, 5) is 22.5. The maximum absolute atomic E-state index is 12.3. The van der Waals surface area contributed by atoms with E-state index in [2.05, 4.69) is 9.46 Å². The first-order valence-corrected chi connectivity index (χ1v) is 8.41. The zero-order valence-electron chi connectivity index (χ0n) is 11.8. The normalized spacial score (nSPS) is 11.0. The topological polar surface area (TPSA) is 92.6 Å². The molecule has 1 aromatic heterocycles. The minimum atomic E-state index is -3.92. The van der Waals surface area contributed by atoms with Crippen LogP contribution in [0.4, 0.5) is 11.4 Å². The molecule has 0 spiro atoms. The number of nitrogens with zero attached hydrogens (tertiary/aromatic N) is 1. The van der Waals surface area contributed by atoms with Crippen LogP contribution in [0.1, 0.15) is 9.67 Å². The number of sulfonamides is 1. The molecule has 22 heavy (non-hydrogen) atoms. The van der Waals surface area contributed by atoms with E-state index in [1.807, 2.05) is 0 Å². The van der Waals surface area contributed by atoms with E-state index in [1.165, 1.54) is 49.9 Å². The Morgan fingerprint density at radius 2 is 1.86 bits per heavy atom. The summed E-state index contributed by atoms with van der Waals surface area (Å²) in [6.07, 6.45) is 0. The molecule has 1 aromatic carbocycles. The molecule has 2 aromatic rings. The fraction of sp³-hybridized carbons (Fsp3) is 0.154. The number of nitroso groups, excluding NO2 is 1. The van der Waals surface area contributed by atoms with Gasteiger partial charge in [-0.15, -0.1) is 11.3 Å². The molecule has 0 fully saturated rings. The molecule has 0 radical (unpaired) electrons. The number of hydrogen-bond acceptors (Lipinski definition) is 6. The lowest BCUT2D eigenvalue weighted by molar-refractivity contribution is -0.428. The highest BCUT2D eigenvalue weighted by Crippen LogP contribution is 2.25. The zero-order valence-corrected chi connectivity index (χ0v) is 13.4. The molecule has 1 N–H and O–H groups in total. The molecule has 0 bridgehead atoms. The number of nitrogens with one attached hydrogen (secondary N) is 1. The minimum absolute atomic E-state index is 0.00547. The van der Waals surface area contributed by atoms with Gasteiger partial charge in [0.2, 0.25) is 0 Å². The van der Waals surface area contributed by atoms with Crippen LogP contribution < -0.4 is 4.72 Å². The van der Waals surface area contributed by atoms with E-state index in [0.29, 0.717) is 10.4 Å². The molecule has 116 valence electrons. The Balaban J connectivity index is 2.30. The predicted octanol–water partition coefficient (Wildman–Crippen LogP) is 2.38. The van der Waals surface area contributed by atoms with E-state index in [-0.39, 0.29) is 15.5 Å². The van der Waals surface area contributed by atoms with E-state index < -0.39 is 16.0 Å². The van der Waals surface area contributed by atoms with Crippen LogP contribution >= 0.6 is 11.3 Å². The van der Waals surface area contributed by atoms with Crippen molar-refractivity contribution in [1.29, 1.82) is 0 Å². The molecule has 0 saturated heterocycles. The van der Waals surface area contributed by atoms with Gasteiger partial charge in [-0.05, 0) is 23.6 Å². The second kappa shape index (κ2) is 6.24. The van der Waals surface area contributed by atoms with E-state index in [1.54, 1.807) is 0 Å². The molecule has 0 aliphatic heterocycles. The number of ether oxygens (including phenoxy) is 1. The SMILES string of the molecule is COC(=O)c1sccc1S(=O)(=O)Nc1ccc([N+](C)=O)cc1. The molecular weight excluding hydrogens is 328 g/mol. The van der Waals surface area contributed by atoms with Crippen LogP contribution in [-0.2, 0) is 14.8 Å². The van der Waals surface area contributed by atoms with E-state index >= 15 is 0 Å². The van der Waals surface area contributed by atoms with Crippen LogP contribution in [0.2, 0.25) is 0 Å². The van der Waals surface area contributed by atoms with Gasteiger partial charge in [-0.1, -0.05) is 0 Å². The largest absolute Gasteiger partial charge is 0.465 e. The molecule has 7 nitrogen and oxygen atoms in total. The fourth-order valence-electron chi connectivity index (χ4n) is 1.70. The number of thiophene rings is 1. The Morgan fingerprint density at radius 1 is 1.23 bits per heavy atom. The van der Waals surface area contributed by atoms with Gasteiger partial charge in [-0.3, -0.25) is 4.72 Å². The highest BCUT2D eigenvalue weighted by Gasteiger charge is 2.24. The van der Waals surface area contributed by atoms with Crippen molar-refractivity contribution in [3.8, 4) is 0 Å². The van der Waals surface area contributed by atoms with Crippen molar-refractivity contribution in [3.63, 3.8) is 0 Å². The van der Waals surface area contributed by atoms with Crippen LogP contribution in [0.25, 0.3) is 0 Å². The van der Waals surface area contributed by atoms with Gasteiger partial charge < -0.3 is 4.74 Å². The maximum atomic E-state index is 12.3. The third kappa shape index (κ3) is 3.31. The monoisotopic (exact) mass is 341 g/mol. The van der Waals surface area contributed by atoms with Gasteiger partial charge in [0.15, 0.2) is 7.05 Å². The molecule has 0 saturated carbocycles. The molecule has 0 aliphatic rings. The zero-order chi connectivity index (χ0) is 16.3. The van der Waals surface area contributed by atoms with E-state index in [0.717, 1.165) is 11.3 Å². The third-order valence-electron chi connectivity index (χ3n) is 2.77. The fourth-order valence-corrected chi connectivity index (χ4v) is 4.09. The van der Waals surface area contributed by atoms with Crippen molar-refractivity contribution in [2.24, 2.45) is 0 Å². The van der Waals surface area contributed by atoms with Crippen molar-refractivity contribution in [2.75, 3.05) is 18.9 Å². The highest BCUT2D eigenvalue weighted by molar-refractivity contribution is 7.93. The maximum Gasteiger partial charge on any atom is 0.349 e. The molecule has 0 amide bonds. The van der Waals surface area contributed by atoms with Gasteiger partial charge >= 0.3 is 5.97 Å². The number of carbonyl (C=O) groups is 1. The summed E-state index contributed by atoms with van der Waals surface area (Å²) in [6.45, 7) is 0. The number of anilines is 1. The van der Waals surface area contributed by atoms with Gasteiger partial charge in [0, 0.05) is 27.5 Å². The van der Waals surface area contributed by atoms with Gasteiger partial charge in [0.1, 0.15) is 9.77 Å². The van der Waals surface area contributed by atoms with Gasteiger partial charge in [0.05, 0.1) is 7.11 Å². The molecule has 0 unspecified atom stereocenters. The van der Waals surface area contributed by atoms with Crippen molar-refractivity contribution < 1.29 is 22.7 Å². The lowest BCUT2D eigenvalue weighted by Gasteiger charge is -2.07. The Morgan fingerprint density at radius 3 is 2.41 bits per heavy atom. The second-order valence-electron chi connectivity index (χ2n) is 4.26. The highest BCUT2D eigenvalue weighted by atomic mass is 32.2. The minimum Gasteiger partial charge on any atom is -0.465 e. The van der Waals surface area contributed by atoms with Crippen molar-refractivity contribution in [3.05, 3.63) is 45.5 Å². The standard InChI is InChI=1S/C13H13N2O5S2/c1-15(17)10-5-3-9(4-6-10)14-22(18,19)11-7-8-21-12(11)13(16)20-2/h3-8,14H,1-2H3/q+1. The summed E-state index contributed by atoms with van der Waals surface area (Å²) in [6, 6.07) is 7.23. The molecular formula is C13H13N2O5S2+. The lowest BCUT2D eigenvalue weighted by atomic mass is 10.3. The number of benzene rings is 1. The second-order valence-corrected chi connectivity index (χ2v) is 6.82. The summed E-state index contributed by atoms with van der Waals surface area (Å²) >= 11 is 0.984. The predicted molar refractivity (Wildman–Crippen MR) is 82.1 cm³/mol. The number of methoxy groups -OCH3 is 1. The first-order valence-electron chi connectivity index (χ1n) is 6.04. The Bertz CT molecular complexity index is 809. The van der Waals surface area contributed by atoms with Gasteiger partial charge in [-0.2, -0.15) is 0 Å². The molecule has 0 aliphatic carbocycles. The summed E-state index contributed by atoms with van der Waals surface area (Å²) in [7, 11) is -1.40. The molecule has 2 rings (SSSR count). The van der Waals surface area contributed by atoms with E-state index in [9.17, 15) is 18.1 Å². The van der Waals surface area contributed by atoms with Crippen LogP contribution in [0, 0.1) is 4.91 Å². The summed E-state index contributed by atoms with van der Waals surface area (Å²) in [5.41, 5.74) is 0.682. The van der Waals surface area contributed by atoms with Crippen LogP contribution in [0.5, 0.6) is 0 Å². The summed E-state index contributed by atoms with van der Waals surface area (Å²) in [5, 5.41) is 1.50. The van der Waals surface area contributed by atoms with Gasteiger partial charge in [-0.25, -0.2) is 13.2 Å².